The summed E-state index contributed by atoms with van der Waals surface area (Å²) >= 11 is 1.31. The first-order valence-corrected chi connectivity index (χ1v) is 8.94. The second kappa shape index (κ2) is 9.30. The van der Waals surface area contributed by atoms with E-state index in [1.54, 1.807) is 48.5 Å². The molecule has 7 heteroatoms. The Morgan fingerprint density at radius 1 is 1.00 bits per heavy atom. The topological polar surface area (TPSA) is 77.0 Å². The number of amides is 1. The lowest BCUT2D eigenvalue weighted by Gasteiger charge is -2.04. The molecule has 0 spiro atoms. The van der Waals surface area contributed by atoms with E-state index in [0.29, 0.717) is 21.9 Å². The minimum Gasteiger partial charge on any atom is -0.484 e. The Kier molecular flexibility index (Phi) is 6.32. The molecule has 3 rings (SSSR count). The number of para-hydroxylation sites is 1. The molecule has 0 aliphatic carbocycles. The molecule has 0 unspecified atom stereocenters. The molecule has 1 heterocycles. The SMILES string of the molecule is O=C(COc1ccccc1)N/N=C/c1cccc(OC(=O)c2cccs2)c1. The molecule has 0 saturated heterocycles. The predicted molar refractivity (Wildman–Crippen MR) is 103 cm³/mol. The Morgan fingerprint density at radius 2 is 1.81 bits per heavy atom. The van der Waals surface area contributed by atoms with Gasteiger partial charge in [-0.15, -0.1) is 11.3 Å². The smallest absolute Gasteiger partial charge is 0.353 e. The standard InChI is InChI=1S/C20H16N2O4S/c23-19(14-25-16-7-2-1-3-8-16)22-21-13-15-6-4-9-17(12-15)26-20(24)18-10-5-11-27-18/h1-13H,14H2,(H,22,23)/b21-13+. The lowest BCUT2D eigenvalue weighted by atomic mass is 10.2. The summed E-state index contributed by atoms with van der Waals surface area (Å²) in [5, 5.41) is 5.69. The average molecular weight is 380 g/mol. The minimum atomic E-state index is -0.412. The third-order valence-corrected chi connectivity index (χ3v) is 4.16. The van der Waals surface area contributed by atoms with Crippen molar-refractivity contribution in [2.45, 2.75) is 0 Å². The summed E-state index contributed by atoms with van der Waals surface area (Å²) in [6, 6.07) is 19.4. The molecule has 0 aliphatic rings. The molecule has 136 valence electrons. The molecular weight excluding hydrogens is 364 g/mol. The first-order chi connectivity index (χ1) is 13.2. The van der Waals surface area contributed by atoms with Crippen LogP contribution in [-0.2, 0) is 4.79 Å². The Hall–Kier alpha value is -3.45. The molecule has 0 bridgehead atoms. The van der Waals surface area contributed by atoms with Crippen molar-refractivity contribution < 1.29 is 19.1 Å². The fraction of sp³-hybridized carbons (Fsp3) is 0.0500. The number of carbonyl (C=O) groups is 2. The molecule has 0 radical (unpaired) electrons. The second-order valence-electron chi connectivity index (χ2n) is 5.33. The molecule has 2 aromatic carbocycles. The van der Waals surface area contributed by atoms with Gasteiger partial charge in [-0.05, 0) is 41.3 Å². The van der Waals surface area contributed by atoms with Crippen LogP contribution in [0.1, 0.15) is 15.2 Å². The number of nitrogens with one attached hydrogen (secondary N) is 1. The Labute approximate surface area is 160 Å². The van der Waals surface area contributed by atoms with Crippen LogP contribution in [0.4, 0.5) is 0 Å². The van der Waals surface area contributed by atoms with Crippen molar-refractivity contribution in [1.82, 2.24) is 5.43 Å². The van der Waals surface area contributed by atoms with Crippen molar-refractivity contribution in [3.8, 4) is 11.5 Å². The van der Waals surface area contributed by atoms with E-state index in [1.807, 2.05) is 23.6 Å². The average Bonchev–Trinajstić information content (AvgIpc) is 3.23. The lowest BCUT2D eigenvalue weighted by molar-refractivity contribution is -0.123. The zero-order chi connectivity index (χ0) is 18.9. The number of hydrogen-bond donors (Lipinski definition) is 1. The minimum absolute atomic E-state index is 0.139. The number of rotatable bonds is 7. The fourth-order valence-electron chi connectivity index (χ4n) is 2.09. The molecule has 1 N–H and O–H groups in total. The highest BCUT2D eigenvalue weighted by atomic mass is 32.1. The van der Waals surface area contributed by atoms with Gasteiger partial charge in [0.25, 0.3) is 5.91 Å². The summed E-state index contributed by atoms with van der Waals surface area (Å²) in [4.78, 5) is 24.2. The number of hydrazone groups is 1. The van der Waals surface area contributed by atoms with E-state index in [9.17, 15) is 9.59 Å². The molecule has 0 atom stereocenters. The van der Waals surface area contributed by atoms with E-state index in [0.717, 1.165) is 0 Å². The van der Waals surface area contributed by atoms with Crippen molar-refractivity contribution in [1.29, 1.82) is 0 Å². The second-order valence-corrected chi connectivity index (χ2v) is 6.28. The summed E-state index contributed by atoms with van der Waals surface area (Å²) < 4.78 is 10.6. The number of ether oxygens (including phenoxy) is 2. The maximum atomic E-state index is 12.0. The fourth-order valence-corrected chi connectivity index (χ4v) is 2.69. The van der Waals surface area contributed by atoms with Gasteiger partial charge in [-0.3, -0.25) is 4.79 Å². The summed E-state index contributed by atoms with van der Waals surface area (Å²) in [5.74, 6) is 0.216. The van der Waals surface area contributed by atoms with E-state index in [1.165, 1.54) is 17.6 Å². The van der Waals surface area contributed by atoms with Crippen molar-refractivity contribution in [3.63, 3.8) is 0 Å². The highest BCUT2D eigenvalue weighted by Gasteiger charge is 2.09. The quantitative estimate of drug-likeness (QED) is 0.295. The molecule has 6 nitrogen and oxygen atoms in total. The van der Waals surface area contributed by atoms with Gasteiger partial charge in [0.05, 0.1) is 6.21 Å². The van der Waals surface area contributed by atoms with Gasteiger partial charge in [0.15, 0.2) is 6.61 Å². The maximum absolute atomic E-state index is 12.0. The molecule has 0 aliphatic heterocycles. The number of nitrogens with zero attached hydrogens (tertiary/aromatic N) is 1. The van der Waals surface area contributed by atoms with Crippen LogP contribution in [0.5, 0.6) is 11.5 Å². The van der Waals surface area contributed by atoms with Crippen LogP contribution in [0.3, 0.4) is 0 Å². The molecule has 27 heavy (non-hydrogen) atoms. The molecule has 1 amide bonds. The zero-order valence-corrected chi connectivity index (χ0v) is 15.0. The van der Waals surface area contributed by atoms with Crippen LogP contribution in [0.15, 0.2) is 77.2 Å². The summed E-state index contributed by atoms with van der Waals surface area (Å²) in [5.41, 5.74) is 3.06. The van der Waals surface area contributed by atoms with Crippen LogP contribution in [0, 0.1) is 0 Å². The normalized spacial score (nSPS) is 10.5. The van der Waals surface area contributed by atoms with Gasteiger partial charge in [0.2, 0.25) is 0 Å². The number of esters is 1. The van der Waals surface area contributed by atoms with Crippen LogP contribution in [0.25, 0.3) is 0 Å². The van der Waals surface area contributed by atoms with E-state index in [-0.39, 0.29) is 12.5 Å². The monoisotopic (exact) mass is 380 g/mol. The van der Waals surface area contributed by atoms with Crippen LogP contribution >= 0.6 is 11.3 Å². The zero-order valence-electron chi connectivity index (χ0n) is 14.2. The number of benzene rings is 2. The van der Waals surface area contributed by atoms with Gasteiger partial charge in [-0.2, -0.15) is 5.10 Å². The van der Waals surface area contributed by atoms with Gasteiger partial charge in [0.1, 0.15) is 16.4 Å². The number of hydrogen-bond acceptors (Lipinski definition) is 6. The third-order valence-electron chi connectivity index (χ3n) is 3.31. The Bertz CT molecular complexity index is 924. The third kappa shape index (κ3) is 5.79. The maximum Gasteiger partial charge on any atom is 0.353 e. The van der Waals surface area contributed by atoms with Gasteiger partial charge in [-0.25, -0.2) is 10.2 Å². The van der Waals surface area contributed by atoms with Crippen LogP contribution < -0.4 is 14.9 Å². The van der Waals surface area contributed by atoms with Gasteiger partial charge >= 0.3 is 5.97 Å². The van der Waals surface area contributed by atoms with E-state index in [2.05, 4.69) is 10.5 Å². The number of thiophene rings is 1. The highest BCUT2D eigenvalue weighted by Crippen LogP contribution is 2.16. The first-order valence-electron chi connectivity index (χ1n) is 8.06. The summed E-state index contributed by atoms with van der Waals surface area (Å²) in [6.07, 6.45) is 1.46. The Balaban J connectivity index is 1.50. The number of carbonyl (C=O) groups excluding carboxylic acids is 2. The van der Waals surface area contributed by atoms with Crippen molar-refractivity contribution in [2.24, 2.45) is 5.10 Å². The molecule has 1 aromatic heterocycles. The van der Waals surface area contributed by atoms with E-state index >= 15 is 0 Å². The van der Waals surface area contributed by atoms with Gasteiger partial charge in [-0.1, -0.05) is 36.4 Å². The molecule has 0 fully saturated rings. The van der Waals surface area contributed by atoms with Crippen LogP contribution in [0.2, 0.25) is 0 Å². The lowest BCUT2D eigenvalue weighted by Crippen LogP contribution is -2.24. The van der Waals surface area contributed by atoms with Crippen LogP contribution in [-0.4, -0.2) is 24.7 Å². The van der Waals surface area contributed by atoms with Crippen molar-refractivity contribution in [2.75, 3.05) is 6.61 Å². The van der Waals surface area contributed by atoms with E-state index < -0.39 is 5.97 Å². The van der Waals surface area contributed by atoms with Gasteiger partial charge in [0, 0.05) is 0 Å². The summed E-state index contributed by atoms with van der Waals surface area (Å²) in [7, 11) is 0. The summed E-state index contributed by atoms with van der Waals surface area (Å²) in [6.45, 7) is -0.139. The van der Waals surface area contributed by atoms with Crippen molar-refractivity contribution in [3.05, 3.63) is 82.6 Å². The molecule has 3 aromatic rings. The first kappa shape index (κ1) is 18.3. The van der Waals surface area contributed by atoms with Crippen molar-refractivity contribution >= 4 is 29.4 Å². The predicted octanol–water partition coefficient (Wildman–Crippen LogP) is 3.50. The highest BCUT2D eigenvalue weighted by molar-refractivity contribution is 7.12. The molecule has 0 saturated carbocycles. The molecular formula is C20H16N2O4S. The largest absolute Gasteiger partial charge is 0.484 e. The Morgan fingerprint density at radius 3 is 2.59 bits per heavy atom. The van der Waals surface area contributed by atoms with E-state index in [4.69, 9.17) is 9.47 Å². The van der Waals surface area contributed by atoms with Gasteiger partial charge < -0.3 is 9.47 Å².